The van der Waals surface area contributed by atoms with E-state index in [0.717, 1.165) is 12.1 Å². The van der Waals surface area contributed by atoms with Gasteiger partial charge in [-0.25, -0.2) is 8.78 Å². The number of rotatable bonds is 7. The van der Waals surface area contributed by atoms with Gasteiger partial charge < -0.3 is 10.6 Å². The van der Waals surface area contributed by atoms with Gasteiger partial charge in [-0.3, -0.25) is 4.79 Å². The van der Waals surface area contributed by atoms with E-state index in [0.29, 0.717) is 24.5 Å². The molecule has 0 unspecified atom stereocenters. The van der Waals surface area contributed by atoms with E-state index in [9.17, 15) is 13.6 Å². The first-order valence-corrected chi connectivity index (χ1v) is 7.20. The highest BCUT2D eigenvalue weighted by molar-refractivity contribution is 7.80. The van der Waals surface area contributed by atoms with Crippen LogP contribution in [0.3, 0.4) is 0 Å². The Morgan fingerprint density at radius 1 is 1.38 bits per heavy atom. The molecule has 0 spiro atoms. The molecule has 0 aliphatic heterocycles. The molecule has 3 nitrogen and oxygen atoms in total. The molecule has 0 saturated heterocycles. The third-order valence-electron chi connectivity index (χ3n) is 2.92. The minimum absolute atomic E-state index is 0.101. The number of hydrogen-bond donors (Lipinski definition) is 1. The van der Waals surface area contributed by atoms with Crippen molar-refractivity contribution in [2.45, 2.75) is 26.7 Å². The summed E-state index contributed by atoms with van der Waals surface area (Å²) in [5.74, 6) is -1.30. The first kappa shape index (κ1) is 17.5. The molecular weight excluding hydrogens is 294 g/mol. The van der Waals surface area contributed by atoms with Gasteiger partial charge in [0.1, 0.15) is 11.6 Å². The van der Waals surface area contributed by atoms with Crippen molar-refractivity contribution in [1.29, 1.82) is 0 Å². The van der Waals surface area contributed by atoms with Crippen LogP contribution in [0.2, 0.25) is 0 Å². The highest BCUT2D eigenvalue weighted by Gasteiger charge is 2.17. The highest BCUT2D eigenvalue weighted by Crippen LogP contribution is 2.12. The molecule has 0 saturated carbocycles. The summed E-state index contributed by atoms with van der Waals surface area (Å²) in [7, 11) is 0. The van der Waals surface area contributed by atoms with Crippen LogP contribution in [-0.2, 0) is 11.2 Å². The predicted octanol–water partition coefficient (Wildman–Crippen LogP) is 2.67. The minimum Gasteiger partial charge on any atom is -0.393 e. The fraction of sp³-hybridized carbons (Fsp3) is 0.467. The average molecular weight is 314 g/mol. The van der Waals surface area contributed by atoms with Crippen LogP contribution in [0.25, 0.3) is 0 Å². The van der Waals surface area contributed by atoms with E-state index in [4.69, 9.17) is 18.0 Å². The lowest BCUT2D eigenvalue weighted by Crippen LogP contribution is -2.37. The number of carbonyl (C=O) groups excluding carboxylic acids is 1. The molecule has 1 aromatic carbocycles. The molecule has 0 atom stereocenters. The highest BCUT2D eigenvalue weighted by atomic mass is 32.1. The second-order valence-electron chi connectivity index (χ2n) is 5.36. The van der Waals surface area contributed by atoms with Gasteiger partial charge in [-0.2, -0.15) is 0 Å². The van der Waals surface area contributed by atoms with Crippen LogP contribution < -0.4 is 5.73 Å². The van der Waals surface area contributed by atoms with E-state index in [1.807, 2.05) is 13.8 Å². The molecule has 116 valence electrons. The lowest BCUT2D eigenvalue weighted by atomic mass is 10.1. The van der Waals surface area contributed by atoms with Crippen LogP contribution in [0.1, 0.15) is 25.8 Å². The number of nitrogens with two attached hydrogens (primary N) is 1. The first-order valence-electron chi connectivity index (χ1n) is 6.79. The Morgan fingerprint density at radius 3 is 2.57 bits per heavy atom. The second kappa shape index (κ2) is 8.02. The summed E-state index contributed by atoms with van der Waals surface area (Å²) in [4.78, 5) is 14.2. The molecule has 21 heavy (non-hydrogen) atoms. The molecule has 0 aliphatic rings. The zero-order valence-electron chi connectivity index (χ0n) is 12.2. The molecule has 0 aliphatic carbocycles. The standard InChI is InChI=1S/C15H20F2N2OS/c1-10(2)9-19(6-5-14(18)21)15(20)7-11-3-4-12(16)8-13(11)17/h3-4,8,10H,5-7,9H2,1-2H3,(H2,18,21). The molecule has 1 amide bonds. The maximum atomic E-state index is 13.6. The summed E-state index contributed by atoms with van der Waals surface area (Å²) < 4.78 is 26.5. The van der Waals surface area contributed by atoms with Crippen molar-refractivity contribution in [2.75, 3.05) is 13.1 Å². The zero-order chi connectivity index (χ0) is 16.0. The van der Waals surface area contributed by atoms with Gasteiger partial charge in [0.15, 0.2) is 0 Å². The monoisotopic (exact) mass is 314 g/mol. The van der Waals surface area contributed by atoms with E-state index in [1.54, 1.807) is 4.90 Å². The largest absolute Gasteiger partial charge is 0.393 e. The zero-order valence-corrected chi connectivity index (χ0v) is 13.1. The van der Waals surface area contributed by atoms with Gasteiger partial charge in [-0.1, -0.05) is 32.1 Å². The van der Waals surface area contributed by atoms with Gasteiger partial charge in [-0.15, -0.1) is 0 Å². The number of carbonyl (C=O) groups is 1. The molecule has 0 bridgehead atoms. The van der Waals surface area contributed by atoms with Crippen LogP contribution >= 0.6 is 12.2 Å². The van der Waals surface area contributed by atoms with E-state index in [2.05, 4.69) is 0 Å². The van der Waals surface area contributed by atoms with Crippen molar-refractivity contribution in [3.05, 3.63) is 35.4 Å². The molecule has 1 aromatic rings. The number of thiocarbonyl (C=S) groups is 1. The quantitative estimate of drug-likeness (QED) is 0.787. The summed E-state index contributed by atoms with van der Waals surface area (Å²) in [6, 6.07) is 3.22. The van der Waals surface area contributed by atoms with Crippen molar-refractivity contribution in [1.82, 2.24) is 4.90 Å². The van der Waals surface area contributed by atoms with E-state index in [1.165, 1.54) is 6.07 Å². The number of halogens is 2. The Hall–Kier alpha value is -1.56. The van der Waals surface area contributed by atoms with Crippen molar-refractivity contribution in [3.63, 3.8) is 0 Å². The molecule has 2 N–H and O–H groups in total. The van der Waals surface area contributed by atoms with Crippen LogP contribution in [0.4, 0.5) is 8.78 Å². The molecular formula is C15H20F2N2OS. The Morgan fingerprint density at radius 2 is 2.05 bits per heavy atom. The molecule has 0 aromatic heterocycles. The topological polar surface area (TPSA) is 46.3 Å². The normalized spacial score (nSPS) is 10.7. The third-order valence-corrected chi connectivity index (χ3v) is 3.13. The fourth-order valence-corrected chi connectivity index (χ4v) is 2.03. The van der Waals surface area contributed by atoms with Crippen LogP contribution in [0.5, 0.6) is 0 Å². The lowest BCUT2D eigenvalue weighted by Gasteiger charge is -2.24. The van der Waals surface area contributed by atoms with Gasteiger partial charge in [0, 0.05) is 25.6 Å². The van der Waals surface area contributed by atoms with Gasteiger partial charge in [0.2, 0.25) is 5.91 Å². The molecule has 1 rings (SSSR count). The summed E-state index contributed by atoms with van der Waals surface area (Å²) in [6.45, 7) is 4.93. The Bertz CT molecular complexity index is 520. The maximum Gasteiger partial charge on any atom is 0.227 e. The van der Waals surface area contributed by atoms with Crippen molar-refractivity contribution in [3.8, 4) is 0 Å². The number of nitrogens with zero attached hydrogens (tertiary/aromatic N) is 1. The second-order valence-corrected chi connectivity index (χ2v) is 5.89. The van der Waals surface area contributed by atoms with Crippen molar-refractivity contribution >= 4 is 23.1 Å². The van der Waals surface area contributed by atoms with Crippen LogP contribution in [0.15, 0.2) is 18.2 Å². The molecule has 0 radical (unpaired) electrons. The fourth-order valence-electron chi connectivity index (χ4n) is 1.94. The third kappa shape index (κ3) is 6.16. The first-order chi connectivity index (χ1) is 9.79. The van der Waals surface area contributed by atoms with Gasteiger partial charge >= 0.3 is 0 Å². The summed E-state index contributed by atoms with van der Waals surface area (Å²) in [6.07, 6.45) is 0.329. The SMILES string of the molecule is CC(C)CN(CCC(N)=S)C(=O)Cc1ccc(F)cc1F. The van der Waals surface area contributed by atoms with E-state index >= 15 is 0 Å². The van der Waals surface area contributed by atoms with Crippen molar-refractivity contribution in [2.24, 2.45) is 11.7 Å². The Labute approximate surface area is 129 Å². The van der Waals surface area contributed by atoms with E-state index in [-0.39, 0.29) is 23.8 Å². The van der Waals surface area contributed by atoms with Crippen LogP contribution in [-0.4, -0.2) is 28.9 Å². The van der Waals surface area contributed by atoms with Crippen molar-refractivity contribution < 1.29 is 13.6 Å². The smallest absolute Gasteiger partial charge is 0.227 e. The molecule has 0 fully saturated rings. The Kier molecular flexibility index (Phi) is 6.68. The van der Waals surface area contributed by atoms with Gasteiger partial charge in [0.05, 0.1) is 11.4 Å². The summed E-state index contributed by atoms with van der Waals surface area (Å²) in [5.41, 5.74) is 5.64. The minimum atomic E-state index is -0.706. The lowest BCUT2D eigenvalue weighted by molar-refractivity contribution is -0.131. The van der Waals surface area contributed by atoms with E-state index < -0.39 is 11.6 Å². The van der Waals surface area contributed by atoms with Gasteiger partial charge in [0.25, 0.3) is 0 Å². The number of amides is 1. The maximum absolute atomic E-state index is 13.6. The number of benzene rings is 1. The summed E-state index contributed by atoms with van der Waals surface area (Å²) in [5, 5.41) is 0. The average Bonchev–Trinajstić information content (AvgIpc) is 2.37. The molecule has 0 heterocycles. The van der Waals surface area contributed by atoms with Crippen LogP contribution in [0, 0.1) is 17.6 Å². The Balaban J connectivity index is 2.77. The number of hydrogen-bond acceptors (Lipinski definition) is 2. The van der Waals surface area contributed by atoms with Gasteiger partial charge in [-0.05, 0) is 17.5 Å². The summed E-state index contributed by atoms with van der Waals surface area (Å²) >= 11 is 4.82. The predicted molar refractivity (Wildman–Crippen MR) is 82.9 cm³/mol. The molecule has 6 heteroatoms.